The van der Waals surface area contributed by atoms with E-state index in [4.69, 9.17) is 5.73 Å². The van der Waals surface area contributed by atoms with Gasteiger partial charge >= 0.3 is 0 Å². The van der Waals surface area contributed by atoms with Crippen LogP contribution in [0.3, 0.4) is 0 Å². The zero-order chi connectivity index (χ0) is 30.8. The summed E-state index contributed by atoms with van der Waals surface area (Å²) in [4.78, 5) is 40.2. The maximum absolute atomic E-state index is 13.8. The van der Waals surface area contributed by atoms with E-state index in [-0.39, 0.29) is 53.6 Å². The highest BCUT2D eigenvalue weighted by Gasteiger charge is 2.60. The van der Waals surface area contributed by atoms with Crippen molar-refractivity contribution in [1.82, 2.24) is 5.32 Å². The highest BCUT2D eigenvalue weighted by atomic mass is 16.3. The van der Waals surface area contributed by atoms with Crippen molar-refractivity contribution in [3.63, 3.8) is 0 Å². The molecule has 1 aromatic carbocycles. The number of rotatable bonds is 7. The first-order valence-corrected chi connectivity index (χ1v) is 13.9. The van der Waals surface area contributed by atoms with Gasteiger partial charge in [-0.25, -0.2) is 0 Å². The quantitative estimate of drug-likeness (QED) is 0.189. The van der Waals surface area contributed by atoms with E-state index in [1.807, 2.05) is 25.1 Å². The highest BCUT2D eigenvalue weighted by molar-refractivity contribution is 6.22. The van der Waals surface area contributed by atoms with Crippen LogP contribution in [0.5, 0.6) is 5.75 Å². The number of carbonyl (C=O) groups is 3. The minimum atomic E-state index is -2.59. The minimum Gasteiger partial charge on any atom is -0.508 e. The van der Waals surface area contributed by atoms with E-state index in [1.165, 1.54) is 0 Å². The molecule has 41 heavy (non-hydrogen) atoms. The van der Waals surface area contributed by atoms with Crippen molar-refractivity contribution >= 4 is 34.6 Å². The number of aromatic hydroxyl groups is 1. The summed E-state index contributed by atoms with van der Waals surface area (Å²) in [6.45, 7) is 10.9. The Kier molecular flexibility index (Phi) is 7.68. The molecule has 3 aliphatic rings. The van der Waals surface area contributed by atoms with Crippen molar-refractivity contribution < 1.29 is 34.8 Å². The van der Waals surface area contributed by atoms with E-state index in [2.05, 4.69) is 45.3 Å². The lowest BCUT2D eigenvalue weighted by Gasteiger charge is -2.46. The number of anilines is 2. The summed E-state index contributed by atoms with van der Waals surface area (Å²) in [6, 6.07) is 1.73. The number of ketones is 2. The first-order chi connectivity index (χ1) is 18.9. The number of nitrogens with one attached hydrogen (secondary N) is 2. The van der Waals surface area contributed by atoms with Crippen LogP contribution in [0.15, 0.2) is 23.0 Å². The van der Waals surface area contributed by atoms with Gasteiger partial charge in [0.15, 0.2) is 11.4 Å². The molecule has 0 heterocycles. The standard InChI is InChI=1S/C30H42N4O7/c1-13(2)18(12-32-29(3,4)5)33-17-11-19(34(6)7)16-9-14-8-15-10-20(35)23(28(31)40)27(39)30(15,41)26(38)21(14)25(37)22(16)24(17)36/h11,13-15,18,32-33,36-37,39,41H,8-10,12H2,1-7H3,(H2,31,40)/t14-,15+,18?,30+/m1/s1. The second kappa shape index (κ2) is 10.4. The number of nitrogens with zero attached hydrogens (tertiary/aromatic N) is 1. The van der Waals surface area contributed by atoms with E-state index in [0.717, 1.165) is 5.69 Å². The number of nitrogens with two attached hydrogens (primary N) is 1. The highest BCUT2D eigenvalue weighted by Crippen LogP contribution is 2.54. The van der Waals surface area contributed by atoms with Crippen LogP contribution in [-0.4, -0.2) is 75.7 Å². The first kappa shape index (κ1) is 30.4. The molecule has 0 saturated heterocycles. The summed E-state index contributed by atoms with van der Waals surface area (Å²) in [5.74, 6) is -6.25. The molecule has 0 spiro atoms. The molecule has 3 aliphatic carbocycles. The van der Waals surface area contributed by atoms with Crippen molar-refractivity contribution in [2.45, 2.75) is 71.1 Å². The summed E-state index contributed by atoms with van der Waals surface area (Å²) in [6.07, 6.45) is -0.0187. The zero-order valence-electron chi connectivity index (χ0n) is 24.8. The molecule has 4 rings (SSSR count). The predicted octanol–water partition coefficient (Wildman–Crippen LogP) is 2.31. The maximum atomic E-state index is 13.8. The van der Waals surface area contributed by atoms with Crippen LogP contribution in [-0.2, 0) is 20.8 Å². The third-order valence-electron chi connectivity index (χ3n) is 8.52. The van der Waals surface area contributed by atoms with E-state index in [9.17, 15) is 34.8 Å². The Bertz CT molecular complexity index is 1370. The van der Waals surface area contributed by atoms with Gasteiger partial charge in [0.1, 0.15) is 22.8 Å². The van der Waals surface area contributed by atoms with Crippen molar-refractivity contribution in [1.29, 1.82) is 0 Å². The number of amides is 1. The predicted molar refractivity (Wildman–Crippen MR) is 156 cm³/mol. The Balaban J connectivity index is 1.86. The van der Waals surface area contributed by atoms with Crippen molar-refractivity contribution in [2.75, 3.05) is 30.9 Å². The fourth-order valence-electron chi connectivity index (χ4n) is 6.25. The maximum Gasteiger partial charge on any atom is 0.255 e. The second-order valence-electron chi connectivity index (χ2n) is 13.1. The lowest BCUT2D eigenvalue weighted by atomic mass is 9.59. The number of phenolic OH excluding ortho intramolecular Hbond substituents is 1. The van der Waals surface area contributed by atoms with Crippen LogP contribution in [0.2, 0.25) is 0 Å². The molecule has 0 bridgehead atoms. The first-order valence-electron chi connectivity index (χ1n) is 13.9. The van der Waals surface area contributed by atoms with Gasteiger partial charge in [0, 0.05) is 55.8 Å². The molecule has 1 fully saturated rings. The molecule has 11 heteroatoms. The van der Waals surface area contributed by atoms with Gasteiger partial charge in [-0.2, -0.15) is 0 Å². The molecular weight excluding hydrogens is 528 g/mol. The Hall–Kier alpha value is -3.57. The van der Waals surface area contributed by atoms with Crippen LogP contribution in [0, 0.1) is 17.8 Å². The molecule has 0 radical (unpaired) electrons. The second-order valence-corrected chi connectivity index (χ2v) is 13.1. The van der Waals surface area contributed by atoms with Gasteiger partial charge in [-0.15, -0.1) is 0 Å². The molecular formula is C30H42N4O7. The SMILES string of the molecule is CC(C)C(CNC(C)(C)C)Nc1cc(N(C)C)c2c(c1O)C(O)=C1C(=O)[C@]3(O)C(O)=C(C(N)=O)C(=O)C[C@@H]3C[C@@H]1C2. The van der Waals surface area contributed by atoms with Gasteiger partial charge in [0.05, 0.1) is 11.3 Å². The smallest absolute Gasteiger partial charge is 0.255 e. The summed E-state index contributed by atoms with van der Waals surface area (Å²) >= 11 is 0. The molecule has 4 atom stereocenters. The van der Waals surface area contributed by atoms with Crippen molar-refractivity contribution in [2.24, 2.45) is 23.5 Å². The number of carbonyl (C=O) groups excluding carboxylic acids is 3. The van der Waals surface area contributed by atoms with Gasteiger partial charge in [-0.3, -0.25) is 14.4 Å². The molecule has 0 aliphatic heterocycles. The Morgan fingerprint density at radius 2 is 1.80 bits per heavy atom. The number of aliphatic hydroxyl groups is 3. The van der Waals surface area contributed by atoms with Crippen LogP contribution < -0.4 is 21.3 Å². The molecule has 1 unspecified atom stereocenters. The van der Waals surface area contributed by atoms with Gasteiger partial charge < -0.3 is 41.7 Å². The summed E-state index contributed by atoms with van der Waals surface area (Å²) < 4.78 is 0. The Labute approximate surface area is 240 Å². The lowest BCUT2D eigenvalue weighted by Crippen LogP contribution is -2.58. The van der Waals surface area contributed by atoms with E-state index >= 15 is 0 Å². The number of Topliss-reactive ketones (excluding diaryl/α,β-unsaturated/α-hetero) is 2. The van der Waals surface area contributed by atoms with Crippen LogP contribution >= 0.6 is 0 Å². The van der Waals surface area contributed by atoms with E-state index in [1.54, 1.807) is 0 Å². The number of aliphatic hydroxyl groups excluding tert-OH is 2. The molecule has 0 aromatic heterocycles. The van der Waals surface area contributed by atoms with Gasteiger partial charge in [0.25, 0.3) is 5.91 Å². The normalized spacial score (nSPS) is 25.1. The van der Waals surface area contributed by atoms with Crippen LogP contribution in [0.4, 0.5) is 11.4 Å². The third-order valence-corrected chi connectivity index (χ3v) is 8.52. The van der Waals surface area contributed by atoms with E-state index in [0.29, 0.717) is 17.8 Å². The fraction of sp³-hybridized carbons (Fsp3) is 0.567. The topological polar surface area (TPSA) is 185 Å². The lowest BCUT2D eigenvalue weighted by molar-refractivity contribution is -0.147. The third kappa shape index (κ3) is 5.05. The zero-order valence-corrected chi connectivity index (χ0v) is 24.8. The summed E-state index contributed by atoms with van der Waals surface area (Å²) in [7, 11) is 3.68. The monoisotopic (exact) mass is 570 g/mol. The molecule has 1 saturated carbocycles. The average Bonchev–Trinajstić information content (AvgIpc) is 2.83. The van der Waals surface area contributed by atoms with Gasteiger partial charge in [-0.1, -0.05) is 13.8 Å². The summed E-state index contributed by atoms with van der Waals surface area (Å²) in [5, 5.41) is 52.3. The van der Waals surface area contributed by atoms with Crippen molar-refractivity contribution in [3.05, 3.63) is 34.1 Å². The largest absolute Gasteiger partial charge is 0.508 e. The van der Waals surface area contributed by atoms with E-state index < -0.39 is 52.0 Å². The van der Waals surface area contributed by atoms with Crippen molar-refractivity contribution in [3.8, 4) is 5.75 Å². The van der Waals surface area contributed by atoms with Crippen LogP contribution in [0.25, 0.3) is 5.76 Å². The number of fused-ring (bicyclic) bond motifs is 3. The Morgan fingerprint density at radius 3 is 2.34 bits per heavy atom. The molecule has 1 aromatic rings. The number of hydrogen-bond donors (Lipinski definition) is 7. The van der Waals surface area contributed by atoms with Gasteiger partial charge in [-0.05, 0) is 57.1 Å². The number of benzene rings is 1. The molecule has 8 N–H and O–H groups in total. The Morgan fingerprint density at radius 1 is 1.17 bits per heavy atom. The number of primary amides is 1. The number of phenols is 1. The molecule has 11 nitrogen and oxygen atoms in total. The van der Waals surface area contributed by atoms with Gasteiger partial charge in [0.2, 0.25) is 5.78 Å². The molecule has 224 valence electrons. The fourth-order valence-corrected chi connectivity index (χ4v) is 6.25. The minimum absolute atomic E-state index is 0.0668. The summed E-state index contributed by atoms with van der Waals surface area (Å²) in [5.41, 5.74) is 3.37. The number of hydrogen-bond acceptors (Lipinski definition) is 10. The van der Waals surface area contributed by atoms with Crippen LogP contribution in [0.1, 0.15) is 58.6 Å². The average molecular weight is 571 g/mol. The molecule has 1 amide bonds.